The number of hydrogen-bond acceptors (Lipinski definition) is 4. The molecule has 2 aromatic carbocycles. The van der Waals surface area contributed by atoms with E-state index in [0.29, 0.717) is 5.75 Å². The van der Waals surface area contributed by atoms with Crippen molar-refractivity contribution in [2.45, 2.75) is 85.0 Å². The van der Waals surface area contributed by atoms with Crippen molar-refractivity contribution in [2.24, 2.45) is 0 Å². The van der Waals surface area contributed by atoms with E-state index >= 15 is 0 Å². The summed E-state index contributed by atoms with van der Waals surface area (Å²) in [4.78, 5) is 26.6. The van der Waals surface area contributed by atoms with Crippen LogP contribution in [0.3, 0.4) is 0 Å². The molecule has 2 aromatic rings. The van der Waals surface area contributed by atoms with Crippen molar-refractivity contribution < 1.29 is 19.1 Å². The summed E-state index contributed by atoms with van der Waals surface area (Å²) in [6.07, 6.45) is 0.0964. The van der Waals surface area contributed by atoms with Crippen LogP contribution in [0, 0.1) is 13.8 Å². The number of esters is 2. The molecule has 1 unspecified atom stereocenters. The van der Waals surface area contributed by atoms with Crippen LogP contribution in [-0.4, -0.2) is 18.5 Å². The molecule has 1 aliphatic heterocycles. The van der Waals surface area contributed by atoms with Gasteiger partial charge in [0.15, 0.2) is 0 Å². The fourth-order valence-corrected chi connectivity index (χ4v) is 4.69. The molecular weight excluding hydrogens is 424 g/mol. The monoisotopic (exact) mass is 462 g/mol. The van der Waals surface area contributed by atoms with E-state index < -0.39 is 11.4 Å². The normalized spacial score (nSPS) is 17.9. The molecule has 0 spiro atoms. The van der Waals surface area contributed by atoms with Gasteiger partial charge in [-0.3, -0.25) is 4.79 Å². The third-order valence-electron chi connectivity index (χ3n) is 6.87. The zero-order valence-corrected chi connectivity index (χ0v) is 22.1. The van der Waals surface area contributed by atoms with E-state index in [2.05, 4.69) is 60.3 Å². The molecule has 4 nitrogen and oxygen atoms in total. The molecule has 1 aliphatic rings. The second-order valence-electron chi connectivity index (χ2n) is 11.4. The number of rotatable bonds is 5. The molecule has 0 bridgehead atoms. The first-order valence-electron chi connectivity index (χ1n) is 12.0. The van der Waals surface area contributed by atoms with Crippen molar-refractivity contribution in [3.05, 3.63) is 75.9 Å². The fraction of sp³-hybridized carbons (Fsp3) is 0.467. The summed E-state index contributed by atoms with van der Waals surface area (Å²) < 4.78 is 11.3. The second kappa shape index (κ2) is 8.72. The van der Waals surface area contributed by atoms with E-state index in [-0.39, 0.29) is 35.4 Å². The maximum Gasteiger partial charge on any atom is 0.333 e. The first kappa shape index (κ1) is 25.7. The lowest BCUT2D eigenvalue weighted by molar-refractivity contribution is -0.139. The van der Waals surface area contributed by atoms with Crippen LogP contribution in [0.25, 0.3) is 0 Å². The van der Waals surface area contributed by atoms with Gasteiger partial charge in [-0.05, 0) is 53.9 Å². The molecule has 0 N–H and O–H groups in total. The minimum Gasteiger partial charge on any atom is -0.463 e. The molecular formula is C30H38O4. The Labute approximate surface area is 204 Å². The topological polar surface area (TPSA) is 52.6 Å². The molecule has 0 aliphatic carbocycles. The van der Waals surface area contributed by atoms with Crippen LogP contribution in [0.1, 0.15) is 88.3 Å². The van der Waals surface area contributed by atoms with Crippen LogP contribution in [0.5, 0.6) is 5.75 Å². The summed E-state index contributed by atoms with van der Waals surface area (Å²) in [5.41, 5.74) is 4.49. The number of carbonyl (C=O) groups is 2. The first-order valence-corrected chi connectivity index (χ1v) is 12.0. The number of hydrogen-bond donors (Lipinski definition) is 0. The Morgan fingerprint density at radius 3 is 2.24 bits per heavy atom. The third kappa shape index (κ3) is 4.31. The van der Waals surface area contributed by atoms with E-state index in [0.717, 1.165) is 33.4 Å². The van der Waals surface area contributed by atoms with E-state index in [1.54, 1.807) is 6.92 Å². The summed E-state index contributed by atoms with van der Waals surface area (Å²) in [7, 11) is 0. The van der Waals surface area contributed by atoms with Crippen LogP contribution < -0.4 is 4.74 Å². The van der Waals surface area contributed by atoms with Crippen molar-refractivity contribution in [1.82, 2.24) is 0 Å². The minimum atomic E-state index is -1.18. The van der Waals surface area contributed by atoms with Gasteiger partial charge in [-0.1, -0.05) is 78.5 Å². The molecule has 182 valence electrons. The summed E-state index contributed by atoms with van der Waals surface area (Å²) in [5.74, 6) is -0.266. The Morgan fingerprint density at radius 2 is 1.68 bits per heavy atom. The lowest BCUT2D eigenvalue weighted by Crippen LogP contribution is -2.37. The highest BCUT2D eigenvalue weighted by atomic mass is 16.5. The SMILES string of the molecule is C=C(CC1(c2cccc(C)c2C)C(=O)Oc2c(C(C)(C)C)cc(C(C)(C)C)cc21)C(=O)OCC. The van der Waals surface area contributed by atoms with Crippen molar-refractivity contribution in [3.63, 3.8) is 0 Å². The minimum absolute atomic E-state index is 0.0964. The van der Waals surface area contributed by atoms with Gasteiger partial charge in [0, 0.05) is 23.1 Å². The van der Waals surface area contributed by atoms with E-state index in [1.807, 2.05) is 32.0 Å². The smallest absolute Gasteiger partial charge is 0.333 e. The molecule has 1 heterocycles. The van der Waals surface area contributed by atoms with Gasteiger partial charge in [-0.15, -0.1) is 0 Å². The van der Waals surface area contributed by atoms with E-state index in [1.165, 1.54) is 0 Å². The largest absolute Gasteiger partial charge is 0.463 e. The van der Waals surface area contributed by atoms with Crippen LogP contribution >= 0.6 is 0 Å². The zero-order valence-electron chi connectivity index (χ0n) is 22.1. The number of ether oxygens (including phenoxy) is 2. The predicted octanol–water partition coefficient (Wildman–Crippen LogP) is 6.61. The van der Waals surface area contributed by atoms with Crippen molar-refractivity contribution in [3.8, 4) is 5.75 Å². The number of carbonyl (C=O) groups excluding carboxylic acids is 2. The van der Waals surface area contributed by atoms with Crippen molar-refractivity contribution >= 4 is 11.9 Å². The van der Waals surface area contributed by atoms with Crippen LogP contribution in [0.4, 0.5) is 0 Å². The van der Waals surface area contributed by atoms with Gasteiger partial charge in [0.05, 0.1) is 6.61 Å². The Hall–Kier alpha value is -2.88. The average molecular weight is 463 g/mol. The highest BCUT2D eigenvalue weighted by molar-refractivity contribution is 5.98. The lowest BCUT2D eigenvalue weighted by Gasteiger charge is -2.32. The van der Waals surface area contributed by atoms with Gasteiger partial charge in [0.25, 0.3) is 0 Å². The second-order valence-corrected chi connectivity index (χ2v) is 11.4. The summed E-state index contributed by atoms with van der Waals surface area (Å²) in [6, 6.07) is 10.2. The van der Waals surface area contributed by atoms with Crippen LogP contribution in [0.15, 0.2) is 42.5 Å². The molecule has 34 heavy (non-hydrogen) atoms. The summed E-state index contributed by atoms with van der Waals surface area (Å²) in [5, 5.41) is 0. The Bertz CT molecular complexity index is 1160. The zero-order chi connectivity index (χ0) is 25.6. The average Bonchev–Trinajstić information content (AvgIpc) is 3.00. The maximum atomic E-state index is 14.0. The highest BCUT2D eigenvalue weighted by Crippen LogP contribution is 2.53. The Morgan fingerprint density at radius 1 is 1.03 bits per heavy atom. The third-order valence-corrected chi connectivity index (χ3v) is 6.87. The van der Waals surface area contributed by atoms with Gasteiger partial charge in [0.1, 0.15) is 11.2 Å². The Balaban J connectivity index is 2.43. The number of benzene rings is 2. The van der Waals surface area contributed by atoms with Gasteiger partial charge in [-0.25, -0.2) is 4.79 Å². The van der Waals surface area contributed by atoms with Crippen LogP contribution in [0.2, 0.25) is 0 Å². The number of fused-ring (bicyclic) bond motifs is 1. The molecule has 0 amide bonds. The summed E-state index contributed by atoms with van der Waals surface area (Å²) in [6.45, 7) is 22.9. The van der Waals surface area contributed by atoms with Crippen molar-refractivity contribution in [1.29, 1.82) is 0 Å². The molecule has 0 saturated heterocycles. The van der Waals surface area contributed by atoms with E-state index in [4.69, 9.17) is 9.47 Å². The molecule has 4 heteroatoms. The lowest BCUT2D eigenvalue weighted by atomic mass is 9.67. The predicted molar refractivity (Wildman–Crippen MR) is 137 cm³/mol. The summed E-state index contributed by atoms with van der Waals surface area (Å²) >= 11 is 0. The van der Waals surface area contributed by atoms with Gasteiger partial charge in [-0.2, -0.15) is 0 Å². The highest BCUT2D eigenvalue weighted by Gasteiger charge is 2.54. The maximum absolute atomic E-state index is 14.0. The van der Waals surface area contributed by atoms with E-state index in [9.17, 15) is 9.59 Å². The molecule has 1 atom stereocenters. The molecule has 0 fully saturated rings. The quantitative estimate of drug-likeness (QED) is 0.285. The van der Waals surface area contributed by atoms with Gasteiger partial charge in [0.2, 0.25) is 0 Å². The van der Waals surface area contributed by atoms with Gasteiger partial charge < -0.3 is 9.47 Å². The standard InChI is InChI=1S/C30H38O4/c1-11-33-26(31)19(3)17-30(22-14-12-13-18(2)20(22)4)24-16-21(28(5,6)7)15-23(29(8,9)10)25(24)34-27(30)32/h12-16H,3,11,17H2,1-2,4-10H3. The van der Waals surface area contributed by atoms with Crippen LogP contribution in [-0.2, 0) is 30.6 Å². The Kier molecular flexibility index (Phi) is 6.60. The van der Waals surface area contributed by atoms with Gasteiger partial charge >= 0.3 is 11.9 Å². The fourth-order valence-electron chi connectivity index (χ4n) is 4.69. The molecule has 3 rings (SSSR count). The van der Waals surface area contributed by atoms with Crippen molar-refractivity contribution in [2.75, 3.05) is 6.61 Å². The first-order chi connectivity index (χ1) is 15.6. The number of aryl methyl sites for hydroxylation is 1. The molecule has 0 saturated carbocycles. The molecule has 0 aromatic heterocycles. The molecule has 0 radical (unpaired) electrons.